The summed E-state index contributed by atoms with van der Waals surface area (Å²) >= 11 is 0. The summed E-state index contributed by atoms with van der Waals surface area (Å²) in [4.78, 5) is 0. The largest absolute Gasteiger partial charge is 0.350 e. The summed E-state index contributed by atoms with van der Waals surface area (Å²) in [6.45, 7) is 4.14. The van der Waals surface area contributed by atoms with Gasteiger partial charge in [0.1, 0.15) is 0 Å². The molecule has 0 saturated carbocycles. The number of rotatable bonds is 0. The fourth-order valence-electron chi connectivity index (χ4n) is 2.82. The van der Waals surface area contributed by atoms with Crippen LogP contribution in [0.1, 0.15) is 31.1 Å². The van der Waals surface area contributed by atoms with Gasteiger partial charge >= 0.3 is 0 Å². The molecule has 0 amide bonds. The summed E-state index contributed by atoms with van der Waals surface area (Å²) in [5, 5.41) is 0. The molecule has 0 aromatic heterocycles. The van der Waals surface area contributed by atoms with E-state index in [0.717, 1.165) is 6.42 Å². The Morgan fingerprint density at radius 2 is 1.93 bits per heavy atom. The minimum Gasteiger partial charge on any atom is -0.350 e. The van der Waals surface area contributed by atoms with Gasteiger partial charge in [-0.25, -0.2) is 0 Å². The Kier molecular flexibility index (Phi) is 2.08. The van der Waals surface area contributed by atoms with E-state index in [-0.39, 0.29) is 12.4 Å². The Balaban J connectivity index is 1.98. The van der Waals surface area contributed by atoms with E-state index in [1.165, 1.54) is 11.1 Å². The standard InChI is InChI=1S/C13H16O2/c1-8-12-7-10-5-3-4-6-11(10)13(12)15-9(2)14-8/h3-6,8-9,12-13H,7H2,1-2H3/t8-,9-,12+,13-/m1/s1. The highest BCUT2D eigenvalue weighted by Gasteiger charge is 2.41. The molecule has 1 aromatic rings. The zero-order valence-corrected chi connectivity index (χ0v) is 9.14. The summed E-state index contributed by atoms with van der Waals surface area (Å²) in [6, 6.07) is 8.58. The first kappa shape index (κ1) is 9.37. The number of hydrogen-bond donors (Lipinski definition) is 0. The Morgan fingerprint density at radius 1 is 1.13 bits per heavy atom. The molecule has 1 aliphatic heterocycles. The summed E-state index contributed by atoms with van der Waals surface area (Å²) in [5.41, 5.74) is 2.79. The van der Waals surface area contributed by atoms with Crippen molar-refractivity contribution in [2.75, 3.05) is 0 Å². The first-order valence-corrected chi connectivity index (χ1v) is 5.64. The predicted molar refractivity (Wildman–Crippen MR) is 57.5 cm³/mol. The second-order valence-corrected chi connectivity index (χ2v) is 4.53. The van der Waals surface area contributed by atoms with Gasteiger partial charge in [-0.05, 0) is 31.4 Å². The molecule has 2 aliphatic rings. The molecule has 0 unspecified atom stereocenters. The van der Waals surface area contributed by atoms with E-state index >= 15 is 0 Å². The van der Waals surface area contributed by atoms with Crippen LogP contribution in [-0.4, -0.2) is 12.4 Å². The average molecular weight is 204 g/mol. The molecule has 1 heterocycles. The Labute approximate surface area is 90.2 Å². The molecule has 0 spiro atoms. The third kappa shape index (κ3) is 1.40. The maximum Gasteiger partial charge on any atom is 0.156 e. The van der Waals surface area contributed by atoms with E-state index in [1.807, 2.05) is 6.92 Å². The molecule has 0 bridgehead atoms. The molecule has 4 atom stereocenters. The van der Waals surface area contributed by atoms with Crippen LogP contribution in [0.4, 0.5) is 0 Å². The first-order valence-electron chi connectivity index (χ1n) is 5.64. The smallest absolute Gasteiger partial charge is 0.156 e. The van der Waals surface area contributed by atoms with E-state index in [0.29, 0.717) is 12.0 Å². The second kappa shape index (κ2) is 3.32. The zero-order valence-electron chi connectivity index (χ0n) is 9.14. The van der Waals surface area contributed by atoms with Gasteiger partial charge in [0, 0.05) is 5.92 Å². The molecular formula is C13H16O2. The first-order chi connectivity index (χ1) is 7.25. The monoisotopic (exact) mass is 204 g/mol. The van der Waals surface area contributed by atoms with E-state index in [4.69, 9.17) is 9.47 Å². The van der Waals surface area contributed by atoms with Crippen molar-refractivity contribution in [2.45, 2.75) is 38.8 Å². The molecule has 1 aromatic carbocycles. The minimum atomic E-state index is -0.0765. The molecular weight excluding hydrogens is 188 g/mol. The quantitative estimate of drug-likeness (QED) is 0.647. The molecule has 0 radical (unpaired) electrons. The molecule has 3 rings (SSSR count). The topological polar surface area (TPSA) is 18.5 Å². The van der Waals surface area contributed by atoms with Crippen LogP contribution in [0.15, 0.2) is 24.3 Å². The summed E-state index contributed by atoms with van der Waals surface area (Å²) in [5.74, 6) is 0.499. The lowest BCUT2D eigenvalue weighted by Gasteiger charge is -2.36. The van der Waals surface area contributed by atoms with Crippen LogP contribution >= 0.6 is 0 Å². The normalized spacial score (nSPS) is 38.5. The van der Waals surface area contributed by atoms with Crippen LogP contribution in [0.2, 0.25) is 0 Å². The molecule has 2 heteroatoms. The van der Waals surface area contributed by atoms with Crippen molar-refractivity contribution < 1.29 is 9.47 Å². The minimum absolute atomic E-state index is 0.0765. The van der Waals surface area contributed by atoms with Crippen LogP contribution in [-0.2, 0) is 15.9 Å². The fourth-order valence-corrected chi connectivity index (χ4v) is 2.82. The van der Waals surface area contributed by atoms with Gasteiger partial charge in [0.2, 0.25) is 0 Å². The highest BCUT2D eigenvalue weighted by Crippen LogP contribution is 2.44. The summed E-state index contributed by atoms with van der Waals surface area (Å²) in [6.07, 6.45) is 1.56. The Morgan fingerprint density at radius 3 is 2.80 bits per heavy atom. The number of hydrogen-bond acceptors (Lipinski definition) is 2. The van der Waals surface area contributed by atoms with Crippen molar-refractivity contribution in [3.8, 4) is 0 Å². The van der Waals surface area contributed by atoms with Crippen molar-refractivity contribution >= 4 is 0 Å². The van der Waals surface area contributed by atoms with Crippen molar-refractivity contribution in [3.05, 3.63) is 35.4 Å². The van der Waals surface area contributed by atoms with Gasteiger partial charge in [0.25, 0.3) is 0 Å². The molecule has 1 saturated heterocycles. The van der Waals surface area contributed by atoms with Gasteiger partial charge < -0.3 is 9.47 Å². The van der Waals surface area contributed by atoms with Gasteiger partial charge in [0.15, 0.2) is 6.29 Å². The van der Waals surface area contributed by atoms with Crippen molar-refractivity contribution in [1.29, 1.82) is 0 Å². The zero-order chi connectivity index (χ0) is 10.4. The van der Waals surface area contributed by atoms with Crippen molar-refractivity contribution in [3.63, 3.8) is 0 Å². The number of ether oxygens (including phenoxy) is 2. The Bertz CT molecular complexity index is 375. The third-order valence-electron chi connectivity index (χ3n) is 3.55. The highest BCUT2D eigenvalue weighted by molar-refractivity contribution is 5.35. The van der Waals surface area contributed by atoms with Crippen LogP contribution in [0.5, 0.6) is 0 Å². The third-order valence-corrected chi connectivity index (χ3v) is 3.55. The summed E-state index contributed by atoms with van der Waals surface area (Å²) in [7, 11) is 0. The maximum atomic E-state index is 5.88. The maximum absolute atomic E-state index is 5.88. The van der Waals surface area contributed by atoms with Gasteiger partial charge in [-0.3, -0.25) is 0 Å². The van der Waals surface area contributed by atoms with Gasteiger partial charge in [-0.2, -0.15) is 0 Å². The number of fused-ring (bicyclic) bond motifs is 3. The fraction of sp³-hybridized carbons (Fsp3) is 0.538. The van der Waals surface area contributed by atoms with Crippen LogP contribution < -0.4 is 0 Å². The highest BCUT2D eigenvalue weighted by atomic mass is 16.7. The molecule has 80 valence electrons. The van der Waals surface area contributed by atoms with Crippen LogP contribution in [0.25, 0.3) is 0 Å². The predicted octanol–water partition coefficient (Wildman–Crippen LogP) is 2.68. The molecule has 15 heavy (non-hydrogen) atoms. The van der Waals surface area contributed by atoms with E-state index in [1.54, 1.807) is 0 Å². The van der Waals surface area contributed by atoms with Crippen LogP contribution in [0.3, 0.4) is 0 Å². The second-order valence-electron chi connectivity index (χ2n) is 4.53. The molecule has 2 nitrogen and oxygen atoms in total. The lowest BCUT2D eigenvalue weighted by Crippen LogP contribution is -2.37. The van der Waals surface area contributed by atoms with Gasteiger partial charge in [-0.1, -0.05) is 24.3 Å². The van der Waals surface area contributed by atoms with Gasteiger partial charge in [-0.15, -0.1) is 0 Å². The van der Waals surface area contributed by atoms with E-state index < -0.39 is 0 Å². The molecule has 1 aliphatic carbocycles. The van der Waals surface area contributed by atoms with Crippen molar-refractivity contribution in [2.24, 2.45) is 5.92 Å². The van der Waals surface area contributed by atoms with Gasteiger partial charge in [0.05, 0.1) is 12.2 Å². The van der Waals surface area contributed by atoms with E-state index in [2.05, 4.69) is 31.2 Å². The molecule has 1 fully saturated rings. The number of benzene rings is 1. The summed E-state index contributed by atoms with van der Waals surface area (Å²) < 4.78 is 11.6. The van der Waals surface area contributed by atoms with E-state index in [9.17, 15) is 0 Å². The lowest BCUT2D eigenvalue weighted by atomic mass is 9.96. The lowest BCUT2D eigenvalue weighted by molar-refractivity contribution is -0.254. The average Bonchev–Trinajstić information content (AvgIpc) is 2.57. The Hall–Kier alpha value is -0.860. The van der Waals surface area contributed by atoms with Crippen molar-refractivity contribution in [1.82, 2.24) is 0 Å². The van der Waals surface area contributed by atoms with Crippen LogP contribution in [0, 0.1) is 5.92 Å². The SMILES string of the molecule is C[C@H]1O[C@@H]2c3ccccc3C[C@H]2[C@@H](C)O1. The molecule has 0 N–H and O–H groups in total.